The molecule has 3 rings (SSSR count). The van der Waals surface area contributed by atoms with Crippen LogP contribution < -0.4 is 11.0 Å². The lowest BCUT2D eigenvalue weighted by molar-refractivity contribution is -0.147. The fraction of sp³-hybridized carbons (Fsp3) is 0.368. The van der Waals surface area contributed by atoms with Crippen LogP contribution in [0.25, 0.3) is 11.0 Å². The molecule has 1 aromatic carbocycles. The first-order chi connectivity index (χ1) is 13.5. The van der Waals surface area contributed by atoms with E-state index < -0.39 is 18.5 Å². The van der Waals surface area contributed by atoms with E-state index in [0.29, 0.717) is 12.3 Å². The number of carbonyl (C=O) groups excluding carboxylic acids is 2. The van der Waals surface area contributed by atoms with Gasteiger partial charge in [0.1, 0.15) is 5.76 Å². The molecule has 0 aliphatic rings. The third kappa shape index (κ3) is 4.30. The summed E-state index contributed by atoms with van der Waals surface area (Å²) in [5.41, 5.74) is 1.45. The number of rotatable bonds is 8. The van der Waals surface area contributed by atoms with Crippen molar-refractivity contribution in [1.82, 2.24) is 14.3 Å². The molecule has 0 spiro atoms. The maximum Gasteiger partial charge on any atom is 0.329 e. The summed E-state index contributed by atoms with van der Waals surface area (Å²) in [5, 5.41) is 6.09. The standard InChI is InChI=1S/C19H22N4O5/c1-3-9-22-14-6-4-5-7-15(14)23(19(22)26)10-8-18(25)27-12-17(24)20-16-11-13(2)28-21-16/h4-7,11H,3,8-10,12H2,1-2H3,(H,20,21,24). The summed E-state index contributed by atoms with van der Waals surface area (Å²) < 4.78 is 13.1. The average molecular weight is 386 g/mol. The molecule has 0 aliphatic carbocycles. The molecular formula is C19H22N4O5. The van der Waals surface area contributed by atoms with E-state index >= 15 is 0 Å². The van der Waals surface area contributed by atoms with Gasteiger partial charge in [-0.25, -0.2) is 4.79 Å². The lowest BCUT2D eigenvalue weighted by Crippen LogP contribution is -2.26. The van der Waals surface area contributed by atoms with Crippen LogP contribution in [-0.4, -0.2) is 32.8 Å². The number of anilines is 1. The zero-order chi connectivity index (χ0) is 20.1. The molecule has 2 aromatic heterocycles. The largest absolute Gasteiger partial charge is 0.456 e. The number of fused-ring (bicyclic) bond motifs is 1. The molecule has 0 atom stereocenters. The minimum absolute atomic E-state index is 0.0175. The molecule has 9 nitrogen and oxygen atoms in total. The Labute approximate surface area is 160 Å². The van der Waals surface area contributed by atoms with Gasteiger partial charge >= 0.3 is 11.7 Å². The fourth-order valence-electron chi connectivity index (χ4n) is 2.95. The number of benzene rings is 1. The quantitative estimate of drug-likeness (QED) is 0.594. The van der Waals surface area contributed by atoms with Crippen LogP contribution in [0.2, 0.25) is 0 Å². The van der Waals surface area contributed by atoms with E-state index in [2.05, 4.69) is 10.5 Å². The van der Waals surface area contributed by atoms with Crippen LogP contribution in [0.15, 0.2) is 39.6 Å². The number of ether oxygens (including phenoxy) is 1. The Morgan fingerprint density at radius 3 is 2.46 bits per heavy atom. The van der Waals surface area contributed by atoms with Gasteiger partial charge in [0.25, 0.3) is 5.91 Å². The van der Waals surface area contributed by atoms with Crippen molar-refractivity contribution in [3.8, 4) is 0 Å². The smallest absolute Gasteiger partial charge is 0.329 e. The summed E-state index contributed by atoms with van der Waals surface area (Å²) in [6.45, 7) is 4.05. The Kier molecular flexibility index (Phi) is 5.93. The zero-order valence-electron chi connectivity index (χ0n) is 15.8. The van der Waals surface area contributed by atoms with Gasteiger partial charge in [-0.15, -0.1) is 0 Å². The van der Waals surface area contributed by atoms with Gasteiger partial charge in [0.15, 0.2) is 12.4 Å². The van der Waals surface area contributed by atoms with E-state index in [0.717, 1.165) is 17.5 Å². The topological polar surface area (TPSA) is 108 Å². The third-order valence-corrected chi connectivity index (χ3v) is 4.17. The van der Waals surface area contributed by atoms with E-state index in [1.807, 2.05) is 31.2 Å². The maximum atomic E-state index is 12.7. The number of aromatic nitrogens is 3. The van der Waals surface area contributed by atoms with Crippen LogP contribution in [0.4, 0.5) is 5.82 Å². The minimum atomic E-state index is -0.564. The van der Waals surface area contributed by atoms with Crippen LogP contribution in [0, 0.1) is 6.92 Å². The summed E-state index contributed by atoms with van der Waals surface area (Å²) in [5.74, 6) is -0.266. The third-order valence-electron chi connectivity index (χ3n) is 4.17. The van der Waals surface area contributed by atoms with Crippen molar-refractivity contribution in [3.63, 3.8) is 0 Å². The number of nitrogens with one attached hydrogen (secondary N) is 1. The second-order valence-electron chi connectivity index (χ2n) is 6.36. The number of hydrogen-bond donors (Lipinski definition) is 1. The molecule has 9 heteroatoms. The number of para-hydroxylation sites is 2. The predicted molar refractivity (Wildman–Crippen MR) is 102 cm³/mol. The number of carbonyl (C=O) groups is 2. The van der Waals surface area contributed by atoms with Crippen LogP contribution in [0.1, 0.15) is 25.5 Å². The number of imidazole rings is 1. The highest BCUT2D eigenvalue weighted by molar-refractivity contribution is 5.91. The van der Waals surface area contributed by atoms with Gasteiger partial charge in [-0.1, -0.05) is 24.2 Å². The Morgan fingerprint density at radius 1 is 1.18 bits per heavy atom. The molecule has 0 saturated heterocycles. The minimum Gasteiger partial charge on any atom is -0.456 e. The predicted octanol–water partition coefficient (Wildman–Crippen LogP) is 2.08. The van der Waals surface area contributed by atoms with Gasteiger partial charge in [0.2, 0.25) is 0 Å². The summed E-state index contributed by atoms with van der Waals surface area (Å²) >= 11 is 0. The highest BCUT2D eigenvalue weighted by Crippen LogP contribution is 2.14. The van der Waals surface area contributed by atoms with Gasteiger partial charge in [-0.05, 0) is 25.5 Å². The normalized spacial score (nSPS) is 10.9. The number of aryl methyl sites for hydroxylation is 3. The summed E-state index contributed by atoms with van der Waals surface area (Å²) in [6, 6.07) is 9.02. The van der Waals surface area contributed by atoms with Crippen molar-refractivity contribution >= 4 is 28.7 Å². The highest BCUT2D eigenvalue weighted by Gasteiger charge is 2.15. The van der Waals surface area contributed by atoms with Gasteiger partial charge in [-0.3, -0.25) is 18.7 Å². The first-order valence-electron chi connectivity index (χ1n) is 9.06. The van der Waals surface area contributed by atoms with Crippen LogP contribution >= 0.6 is 0 Å². The van der Waals surface area contributed by atoms with Crippen LogP contribution in [0.5, 0.6) is 0 Å². The first kappa shape index (κ1) is 19.4. The molecule has 3 aromatic rings. The van der Waals surface area contributed by atoms with E-state index in [4.69, 9.17) is 9.26 Å². The Hall–Kier alpha value is -3.36. The van der Waals surface area contributed by atoms with Crippen molar-refractivity contribution in [2.45, 2.75) is 39.8 Å². The van der Waals surface area contributed by atoms with Crippen molar-refractivity contribution in [1.29, 1.82) is 0 Å². The van der Waals surface area contributed by atoms with Crippen molar-refractivity contribution in [2.24, 2.45) is 0 Å². The SMILES string of the molecule is CCCn1c(=O)n(CCC(=O)OCC(=O)Nc2cc(C)on2)c2ccccc21. The molecule has 2 heterocycles. The lowest BCUT2D eigenvalue weighted by atomic mass is 10.3. The summed E-state index contributed by atoms with van der Waals surface area (Å²) in [4.78, 5) is 36.4. The van der Waals surface area contributed by atoms with E-state index in [-0.39, 0.29) is 24.5 Å². The van der Waals surface area contributed by atoms with Crippen molar-refractivity contribution in [2.75, 3.05) is 11.9 Å². The Bertz CT molecular complexity index is 1050. The zero-order valence-corrected chi connectivity index (χ0v) is 15.8. The van der Waals surface area contributed by atoms with Crippen LogP contribution in [0.3, 0.4) is 0 Å². The number of amides is 1. The van der Waals surface area contributed by atoms with Crippen molar-refractivity contribution in [3.05, 3.63) is 46.6 Å². The molecular weight excluding hydrogens is 364 g/mol. The first-order valence-corrected chi connectivity index (χ1v) is 9.06. The van der Waals surface area contributed by atoms with Crippen LogP contribution in [-0.2, 0) is 27.4 Å². The van der Waals surface area contributed by atoms with Crippen molar-refractivity contribution < 1.29 is 18.8 Å². The summed E-state index contributed by atoms with van der Waals surface area (Å²) in [7, 11) is 0. The number of nitrogens with zero attached hydrogens (tertiary/aromatic N) is 3. The lowest BCUT2D eigenvalue weighted by Gasteiger charge is -2.05. The molecule has 0 saturated carbocycles. The van der Waals surface area contributed by atoms with Gasteiger partial charge in [0, 0.05) is 19.2 Å². The van der Waals surface area contributed by atoms with E-state index in [1.165, 1.54) is 0 Å². The van der Waals surface area contributed by atoms with E-state index in [9.17, 15) is 14.4 Å². The van der Waals surface area contributed by atoms with E-state index in [1.54, 1.807) is 22.1 Å². The molecule has 28 heavy (non-hydrogen) atoms. The molecule has 0 unspecified atom stereocenters. The second kappa shape index (κ2) is 8.55. The fourth-order valence-corrected chi connectivity index (χ4v) is 2.95. The summed E-state index contributed by atoms with van der Waals surface area (Å²) in [6.07, 6.45) is 0.812. The molecule has 0 aliphatic heterocycles. The van der Waals surface area contributed by atoms with Gasteiger partial charge in [0.05, 0.1) is 17.5 Å². The Morgan fingerprint density at radius 2 is 1.86 bits per heavy atom. The number of hydrogen-bond acceptors (Lipinski definition) is 6. The Balaban J connectivity index is 1.58. The molecule has 148 valence electrons. The monoisotopic (exact) mass is 386 g/mol. The average Bonchev–Trinajstić information content (AvgIpc) is 3.20. The van der Waals surface area contributed by atoms with Gasteiger partial charge < -0.3 is 14.6 Å². The maximum absolute atomic E-state index is 12.7. The molecule has 0 bridgehead atoms. The molecule has 1 N–H and O–H groups in total. The molecule has 1 amide bonds. The number of esters is 1. The van der Waals surface area contributed by atoms with Gasteiger partial charge in [-0.2, -0.15) is 0 Å². The molecule has 0 fully saturated rings. The highest BCUT2D eigenvalue weighted by atomic mass is 16.5. The second-order valence-corrected chi connectivity index (χ2v) is 6.36. The molecule has 0 radical (unpaired) electrons.